The number of thioether (sulfide) groups is 2. The molecule has 1 aliphatic heterocycles. The van der Waals surface area contributed by atoms with Crippen LogP contribution in [0.4, 0.5) is 0 Å². The van der Waals surface area contributed by atoms with Crippen molar-refractivity contribution < 1.29 is 9.53 Å². The molecule has 0 bridgehead atoms. The molecule has 1 N–H and O–H groups in total. The monoisotopic (exact) mass is 439 g/mol. The Kier molecular flexibility index (Phi) is 7.37. The third-order valence-electron chi connectivity index (χ3n) is 4.79. The summed E-state index contributed by atoms with van der Waals surface area (Å²) in [5.41, 5.74) is 3.51. The summed E-state index contributed by atoms with van der Waals surface area (Å²) >= 11 is 4.00. The molecular formula is C23H25N3O2S2. The number of hydrogen-bond acceptors (Lipinski definition) is 5. The maximum atomic E-state index is 12.1. The van der Waals surface area contributed by atoms with Crippen LogP contribution in [0.15, 0.2) is 67.0 Å². The maximum absolute atomic E-state index is 12.1. The fraction of sp³-hybridized carbons (Fsp3) is 0.304. The van der Waals surface area contributed by atoms with Crippen molar-refractivity contribution in [1.29, 1.82) is 0 Å². The summed E-state index contributed by atoms with van der Waals surface area (Å²) in [6.45, 7) is 0.614. The summed E-state index contributed by atoms with van der Waals surface area (Å²) in [4.78, 5) is 12.1. The van der Waals surface area contributed by atoms with Gasteiger partial charge in [-0.15, -0.1) is 23.5 Å². The van der Waals surface area contributed by atoms with E-state index in [2.05, 4.69) is 34.7 Å². The van der Waals surface area contributed by atoms with Gasteiger partial charge in [0.15, 0.2) is 6.61 Å². The fourth-order valence-electron chi connectivity index (χ4n) is 3.18. The quantitative estimate of drug-likeness (QED) is 0.561. The maximum Gasteiger partial charge on any atom is 0.257 e. The Morgan fingerprint density at radius 3 is 2.57 bits per heavy atom. The molecule has 0 unspecified atom stereocenters. The number of nitrogens with zero attached hydrogens (tertiary/aromatic N) is 2. The van der Waals surface area contributed by atoms with E-state index in [1.807, 2.05) is 64.7 Å². The van der Waals surface area contributed by atoms with Gasteiger partial charge in [-0.25, -0.2) is 4.68 Å². The minimum absolute atomic E-state index is 0.0323. The second-order valence-electron chi connectivity index (χ2n) is 7.00. The Hall–Kier alpha value is -2.38. The molecule has 1 aliphatic rings. The number of amides is 1. The number of carbonyl (C=O) groups excluding carboxylic acids is 1. The van der Waals surface area contributed by atoms with Gasteiger partial charge in [0.25, 0.3) is 5.91 Å². The van der Waals surface area contributed by atoms with E-state index in [-0.39, 0.29) is 12.5 Å². The van der Waals surface area contributed by atoms with Gasteiger partial charge in [-0.2, -0.15) is 5.10 Å². The first kappa shape index (κ1) is 20.9. The van der Waals surface area contributed by atoms with E-state index < -0.39 is 0 Å². The highest BCUT2D eigenvalue weighted by atomic mass is 32.2. The molecule has 0 aliphatic carbocycles. The average Bonchev–Trinajstić information content (AvgIpc) is 3.34. The van der Waals surface area contributed by atoms with E-state index in [4.69, 9.17) is 4.74 Å². The van der Waals surface area contributed by atoms with Crippen LogP contribution in [0.1, 0.15) is 22.1 Å². The zero-order valence-corrected chi connectivity index (χ0v) is 18.3. The molecule has 0 saturated carbocycles. The number of rotatable bonds is 8. The van der Waals surface area contributed by atoms with Gasteiger partial charge in [0, 0.05) is 18.9 Å². The van der Waals surface area contributed by atoms with Gasteiger partial charge in [0.05, 0.1) is 10.3 Å². The lowest BCUT2D eigenvalue weighted by Gasteiger charge is -2.21. The van der Waals surface area contributed by atoms with Crippen molar-refractivity contribution in [3.8, 4) is 11.4 Å². The van der Waals surface area contributed by atoms with E-state index >= 15 is 0 Å². The predicted octanol–water partition coefficient (Wildman–Crippen LogP) is 4.48. The molecule has 1 saturated heterocycles. The van der Waals surface area contributed by atoms with Gasteiger partial charge >= 0.3 is 0 Å². The van der Waals surface area contributed by atoms with Crippen LogP contribution in [0.25, 0.3) is 5.69 Å². The Balaban J connectivity index is 1.17. The van der Waals surface area contributed by atoms with Crippen molar-refractivity contribution in [2.45, 2.75) is 17.4 Å². The molecule has 0 radical (unpaired) electrons. The molecule has 2 heterocycles. The lowest BCUT2D eigenvalue weighted by atomic mass is 10.1. The van der Waals surface area contributed by atoms with Crippen LogP contribution in [-0.4, -0.2) is 40.3 Å². The molecule has 1 amide bonds. The topological polar surface area (TPSA) is 56.1 Å². The zero-order chi connectivity index (χ0) is 20.6. The molecule has 0 atom stereocenters. The summed E-state index contributed by atoms with van der Waals surface area (Å²) in [6.07, 6.45) is 5.74. The number of nitrogens with one attached hydrogen (secondary N) is 1. The minimum Gasteiger partial charge on any atom is -0.484 e. The third-order valence-corrected chi connectivity index (χ3v) is 7.81. The number of carbonyl (C=O) groups is 1. The third kappa shape index (κ3) is 5.83. The highest BCUT2D eigenvalue weighted by Gasteiger charge is 2.16. The van der Waals surface area contributed by atoms with Crippen molar-refractivity contribution in [2.75, 3.05) is 24.7 Å². The van der Waals surface area contributed by atoms with Crippen LogP contribution in [0.5, 0.6) is 5.75 Å². The largest absolute Gasteiger partial charge is 0.484 e. The average molecular weight is 440 g/mol. The van der Waals surface area contributed by atoms with Gasteiger partial charge in [-0.3, -0.25) is 4.79 Å². The van der Waals surface area contributed by atoms with Crippen LogP contribution < -0.4 is 10.1 Å². The molecule has 30 heavy (non-hydrogen) atoms. The molecule has 2 aromatic carbocycles. The van der Waals surface area contributed by atoms with Crippen molar-refractivity contribution in [1.82, 2.24) is 15.1 Å². The molecule has 3 aromatic rings. The molecule has 0 spiro atoms. The summed E-state index contributed by atoms with van der Waals surface area (Å²) in [6, 6.07) is 18.2. The molecule has 7 heteroatoms. The fourth-order valence-corrected chi connectivity index (χ4v) is 6.08. The van der Waals surface area contributed by atoms with Gasteiger partial charge in [0.2, 0.25) is 0 Å². The molecule has 4 rings (SSSR count). The summed E-state index contributed by atoms with van der Waals surface area (Å²) < 4.78 is 7.97. The van der Waals surface area contributed by atoms with E-state index in [0.717, 1.165) is 17.9 Å². The van der Waals surface area contributed by atoms with Crippen LogP contribution >= 0.6 is 23.5 Å². The Bertz CT molecular complexity index is 922. The highest BCUT2D eigenvalue weighted by Crippen LogP contribution is 2.43. The van der Waals surface area contributed by atoms with Crippen LogP contribution in [0, 0.1) is 0 Å². The zero-order valence-electron chi connectivity index (χ0n) is 16.7. The SMILES string of the molecule is O=C(COc1ccc(C2SCCCS2)cc1)NCCc1ccc(-n2cccn2)cc1. The van der Waals surface area contributed by atoms with Crippen molar-refractivity contribution in [3.63, 3.8) is 0 Å². The van der Waals surface area contributed by atoms with Crippen molar-refractivity contribution in [2.24, 2.45) is 0 Å². The first-order valence-electron chi connectivity index (χ1n) is 10.1. The molecular weight excluding hydrogens is 414 g/mol. The second kappa shape index (κ2) is 10.6. The molecule has 1 aromatic heterocycles. The minimum atomic E-state index is -0.106. The Morgan fingerprint density at radius 1 is 1.10 bits per heavy atom. The first-order chi connectivity index (χ1) is 14.8. The van der Waals surface area contributed by atoms with Gasteiger partial charge in [-0.05, 0) is 65.8 Å². The Labute approximate surface area is 185 Å². The van der Waals surface area contributed by atoms with E-state index in [9.17, 15) is 4.79 Å². The first-order valence-corrected chi connectivity index (χ1v) is 12.2. The summed E-state index contributed by atoms with van der Waals surface area (Å²) in [5.74, 6) is 3.08. The lowest BCUT2D eigenvalue weighted by Crippen LogP contribution is -2.30. The lowest BCUT2D eigenvalue weighted by molar-refractivity contribution is -0.123. The van der Waals surface area contributed by atoms with Crippen molar-refractivity contribution in [3.05, 3.63) is 78.1 Å². The molecule has 156 valence electrons. The predicted molar refractivity (Wildman–Crippen MR) is 124 cm³/mol. The molecule has 5 nitrogen and oxygen atoms in total. The number of hydrogen-bond donors (Lipinski definition) is 1. The number of ether oxygens (including phenoxy) is 1. The summed E-state index contributed by atoms with van der Waals surface area (Å²) in [7, 11) is 0. The smallest absolute Gasteiger partial charge is 0.257 e. The molecule has 1 fully saturated rings. The van der Waals surface area contributed by atoms with E-state index in [1.54, 1.807) is 6.20 Å². The van der Waals surface area contributed by atoms with Gasteiger partial charge in [-0.1, -0.05) is 24.3 Å². The van der Waals surface area contributed by atoms with E-state index in [1.165, 1.54) is 29.1 Å². The van der Waals surface area contributed by atoms with Gasteiger partial charge in [0.1, 0.15) is 5.75 Å². The Morgan fingerprint density at radius 2 is 1.87 bits per heavy atom. The number of benzene rings is 2. The number of aromatic nitrogens is 2. The van der Waals surface area contributed by atoms with Crippen molar-refractivity contribution >= 4 is 29.4 Å². The summed E-state index contributed by atoms with van der Waals surface area (Å²) in [5, 5.41) is 7.14. The standard InChI is InChI=1S/C23H25N3O2S2/c27-22(17-28-21-9-5-19(6-10-21)23-29-15-2-16-30-23)24-13-11-18-3-7-20(8-4-18)26-14-1-12-25-26/h1,3-10,12,14,23H,2,11,13,15-17H2,(H,24,27). The van der Waals surface area contributed by atoms with E-state index in [0.29, 0.717) is 11.1 Å². The highest BCUT2D eigenvalue weighted by molar-refractivity contribution is 8.16. The normalized spacial score (nSPS) is 14.4. The van der Waals surface area contributed by atoms with Crippen LogP contribution in [0.3, 0.4) is 0 Å². The van der Waals surface area contributed by atoms with Crippen LogP contribution in [-0.2, 0) is 11.2 Å². The van der Waals surface area contributed by atoms with Gasteiger partial charge < -0.3 is 10.1 Å². The second-order valence-corrected chi connectivity index (χ2v) is 9.73. The van der Waals surface area contributed by atoms with Crippen LogP contribution in [0.2, 0.25) is 0 Å².